The summed E-state index contributed by atoms with van der Waals surface area (Å²) in [6.07, 6.45) is 3.13. The van der Waals surface area contributed by atoms with Gasteiger partial charge in [0.15, 0.2) is 9.84 Å². The minimum atomic E-state index is -3.75. The number of rotatable bonds is 6. The van der Waals surface area contributed by atoms with Gasteiger partial charge in [-0.2, -0.15) is 0 Å². The van der Waals surface area contributed by atoms with E-state index in [2.05, 4.69) is 10.3 Å². The predicted octanol–water partition coefficient (Wildman–Crippen LogP) is 3.95. The molecule has 0 aliphatic carbocycles. The fourth-order valence-corrected chi connectivity index (χ4v) is 5.22. The van der Waals surface area contributed by atoms with Crippen molar-refractivity contribution in [2.24, 2.45) is 0 Å². The number of nitrogens with zero attached hydrogens (tertiary/aromatic N) is 1. The van der Waals surface area contributed by atoms with E-state index in [-0.39, 0.29) is 17.3 Å². The topological polar surface area (TPSA) is 76.1 Å². The molecule has 1 amide bonds. The van der Waals surface area contributed by atoms with Crippen LogP contribution in [0.2, 0.25) is 0 Å². The number of aromatic nitrogens is 1. The molecule has 0 radical (unpaired) electrons. The Balaban J connectivity index is 1.97. The average Bonchev–Trinajstić information content (AvgIpc) is 2.70. The molecule has 1 atom stereocenters. The number of amides is 1. The first-order valence-electron chi connectivity index (χ1n) is 9.35. The van der Waals surface area contributed by atoms with E-state index in [0.717, 1.165) is 11.1 Å². The van der Waals surface area contributed by atoms with E-state index in [1.807, 2.05) is 32.0 Å². The summed E-state index contributed by atoms with van der Waals surface area (Å²) in [6, 6.07) is 16.0. The molecule has 1 aromatic heterocycles. The van der Waals surface area contributed by atoms with Crippen molar-refractivity contribution >= 4 is 15.7 Å². The molecule has 0 aliphatic heterocycles. The largest absolute Gasteiger partial charge is 0.350 e. The van der Waals surface area contributed by atoms with Gasteiger partial charge in [0.25, 0.3) is 5.91 Å². The molecule has 1 N–H and O–H groups in total. The third kappa shape index (κ3) is 4.54. The van der Waals surface area contributed by atoms with Crippen LogP contribution in [0, 0.1) is 20.8 Å². The van der Waals surface area contributed by atoms with Crippen LogP contribution in [0.25, 0.3) is 0 Å². The van der Waals surface area contributed by atoms with E-state index in [1.54, 1.807) is 49.5 Å². The molecule has 2 aromatic carbocycles. The molecule has 0 fully saturated rings. The maximum absolute atomic E-state index is 13.5. The van der Waals surface area contributed by atoms with E-state index >= 15 is 0 Å². The molecule has 6 heteroatoms. The molecular weight excluding hydrogens is 384 g/mol. The fourth-order valence-electron chi connectivity index (χ4n) is 3.25. The lowest BCUT2D eigenvalue weighted by Crippen LogP contribution is -2.32. The van der Waals surface area contributed by atoms with Crippen LogP contribution in [0.15, 0.2) is 71.9 Å². The second kappa shape index (κ2) is 8.57. The third-order valence-corrected chi connectivity index (χ3v) is 7.16. The lowest BCUT2D eigenvalue weighted by molar-refractivity contribution is 0.0953. The van der Waals surface area contributed by atoms with Crippen LogP contribution in [0.3, 0.4) is 0 Å². The minimum absolute atomic E-state index is 0.0470. The smallest absolute Gasteiger partial charge is 0.251 e. The standard InChI is InChI=1S/C23H24N2O3S/c1-16-10-11-18(3)21(13-16)29(27,28)22(19-8-6-12-24-14-19)15-25-23(26)20-9-5-4-7-17(20)2/h4-14,22H,15H2,1-3H3,(H,25,26)/t22-/m0/s1. The summed E-state index contributed by atoms with van der Waals surface area (Å²) in [5.41, 5.74) is 3.44. The quantitative estimate of drug-likeness (QED) is 0.670. The van der Waals surface area contributed by atoms with Gasteiger partial charge in [0, 0.05) is 24.5 Å². The number of pyridine rings is 1. The van der Waals surface area contributed by atoms with Gasteiger partial charge in [0.1, 0.15) is 5.25 Å². The molecular formula is C23H24N2O3S. The first-order chi connectivity index (χ1) is 13.8. The van der Waals surface area contributed by atoms with Gasteiger partial charge in [-0.05, 0) is 61.2 Å². The predicted molar refractivity (Wildman–Crippen MR) is 114 cm³/mol. The van der Waals surface area contributed by atoms with Crippen molar-refractivity contribution in [3.05, 3.63) is 94.8 Å². The van der Waals surface area contributed by atoms with E-state index < -0.39 is 15.1 Å². The summed E-state index contributed by atoms with van der Waals surface area (Å²) >= 11 is 0. The summed E-state index contributed by atoms with van der Waals surface area (Å²) in [7, 11) is -3.75. The van der Waals surface area contributed by atoms with Gasteiger partial charge in [-0.25, -0.2) is 8.42 Å². The van der Waals surface area contributed by atoms with E-state index in [0.29, 0.717) is 16.7 Å². The second-order valence-corrected chi connectivity index (χ2v) is 9.21. The maximum Gasteiger partial charge on any atom is 0.251 e. The van der Waals surface area contributed by atoms with Crippen LogP contribution in [-0.4, -0.2) is 25.9 Å². The highest BCUT2D eigenvalue weighted by Gasteiger charge is 2.31. The Hall–Kier alpha value is -2.99. The number of aryl methyl sites for hydroxylation is 3. The number of benzene rings is 2. The number of nitrogens with one attached hydrogen (secondary N) is 1. The van der Waals surface area contributed by atoms with Crippen LogP contribution in [0.4, 0.5) is 0 Å². The van der Waals surface area contributed by atoms with Crippen molar-refractivity contribution in [1.82, 2.24) is 10.3 Å². The molecule has 1 heterocycles. The van der Waals surface area contributed by atoms with Gasteiger partial charge in [0.2, 0.25) is 0 Å². The molecule has 0 bridgehead atoms. The zero-order valence-electron chi connectivity index (χ0n) is 16.7. The number of carbonyl (C=O) groups is 1. The van der Waals surface area contributed by atoms with E-state index in [9.17, 15) is 13.2 Å². The Labute approximate surface area is 171 Å². The summed E-state index contributed by atoms with van der Waals surface area (Å²) in [5.74, 6) is -0.298. The van der Waals surface area contributed by atoms with Gasteiger partial charge in [-0.1, -0.05) is 36.4 Å². The van der Waals surface area contributed by atoms with Crippen LogP contribution in [0.1, 0.15) is 37.9 Å². The molecule has 0 aliphatic rings. The van der Waals surface area contributed by atoms with E-state index in [4.69, 9.17) is 0 Å². The number of sulfone groups is 1. The Bertz CT molecular complexity index is 1130. The fraction of sp³-hybridized carbons (Fsp3) is 0.217. The number of hydrogen-bond acceptors (Lipinski definition) is 4. The van der Waals surface area contributed by atoms with Crippen molar-refractivity contribution in [1.29, 1.82) is 0 Å². The van der Waals surface area contributed by atoms with E-state index in [1.165, 1.54) is 6.20 Å². The highest BCUT2D eigenvalue weighted by Crippen LogP contribution is 2.30. The Kier molecular flexibility index (Phi) is 6.13. The highest BCUT2D eigenvalue weighted by atomic mass is 32.2. The van der Waals surface area contributed by atoms with Crippen LogP contribution in [-0.2, 0) is 9.84 Å². The first kappa shape index (κ1) is 20.7. The summed E-state index contributed by atoms with van der Waals surface area (Å²) in [4.78, 5) is 17.0. The maximum atomic E-state index is 13.5. The average molecular weight is 409 g/mol. The molecule has 0 unspecified atom stereocenters. The Morgan fingerprint density at radius 3 is 2.45 bits per heavy atom. The molecule has 0 saturated carbocycles. The van der Waals surface area contributed by atoms with Crippen LogP contribution < -0.4 is 5.32 Å². The van der Waals surface area contributed by atoms with Crippen molar-refractivity contribution in [2.75, 3.05) is 6.54 Å². The highest BCUT2D eigenvalue weighted by molar-refractivity contribution is 7.91. The molecule has 5 nitrogen and oxygen atoms in total. The number of carbonyl (C=O) groups excluding carboxylic acids is 1. The number of hydrogen-bond donors (Lipinski definition) is 1. The first-order valence-corrected chi connectivity index (χ1v) is 10.9. The van der Waals surface area contributed by atoms with Gasteiger partial charge >= 0.3 is 0 Å². The lowest BCUT2D eigenvalue weighted by Gasteiger charge is -2.20. The second-order valence-electron chi connectivity index (χ2n) is 7.11. The summed E-state index contributed by atoms with van der Waals surface area (Å²) in [5, 5.41) is 1.86. The summed E-state index contributed by atoms with van der Waals surface area (Å²) in [6.45, 7) is 5.44. The van der Waals surface area contributed by atoms with Crippen molar-refractivity contribution < 1.29 is 13.2 Å². The Morgan fingerprint density at radius 1 is 1.00 bits per heavy atom. The normalized spacial score (nSPS) is 12.4. The van der Waals surface area contributed by atoms with Crippen molar-refractivity contribution in [3.8, 4) is 0 Å². The zero-order chi connectivity index (χ0) is 21.0. The molecule has 29 heavy (non-hydrogen) atoms. The molecule has 0 saturated heterocycles. The van der Waals surface area contributed by atoms with Gasteiger partial charge in [0.05, 0.1) is 4.90 Å². The van der Waals surface area contributed by atoms with Crippen molar-refractivity contribution in [2.45, 2.75) is 30.9 Å². The third-order valence-electron chi connectivity index (χ3n) is 4.92. The van der Waals surface area contributed by atoms with Crippen LogP contribution in [0.5, 0.6) is 0 Å². The zero-order valence-corrected chi connectivity index (χ0v) is 17.5. The monoisotopic (exact) mass is 408 g/mol. The van der Waals surface area contributed by atoms with Crippen molar-refractivity contribution in [3.63, 3.8) is 0 Å². The Morgan fingerprint density at radius 2 is 1.76 bits per heavy atom. The SMILES string of the molecule is Cc1ccc(C)c(S(=O)(=O)[C@@H](CNC(=O)c2ccccc2C)c2cccnc2)c1. The molecule has 3 aromatic rings. The minimum Gasteiger partial charge on any atom is -0.350 e. The lowest BCUT2D eigenvalue weighted by atomic mass is 10.1. The molecule has 0 spiro atoms. The van der Waals surface area contributed by atoms with Gasteiger partial charge in [-0.3, -0.25) is 9.78 Å². The molecule has 3 rings (SSSR count). The summed E-state index contributed by atoms with van der Waals surface area (Å²) < 4.78 is 27.1. The van der Waals surface area contributed by atoms with Gasteiger partial charge < -0.3 is 5.32 Å². The molecule has 150 valence electrons. The van der Waals surface area contributed by atoms with Gasteiger partial charge in [-0.15, -0.1) is 0 Å². The van der Waals surface area contributed by atoms with Crippen LogP contribution >= 0.6 is 0 Å².